The summed E-state index contributed by atoms with van der Waals surface area (Å²) < 4.78 is 10.4. The molecule has 0 spiro atoms. The fourth-order valence-corrected chi connectivity index (χ4v) is 2.22. The smallest absolute Gasteiger partial charge is 0.252 e. The third-order valence-corrected chi connectivity index (χ3v) is 3.32. The van der Waals surface area contributed by atoms with E-state index in [2.05, 4.69) is 15.1 Å². The summed E-state index contributed by atoms with van der Waals surface area (Å²) >= 11 is 0. The quantitative estimate of drug-likeness (QED) is 0.824. The van der Waals surface area contributed by atoms with Crippen molar-refractivity contribution in [3.63, 3.8) is 0 Å². The normalized spacial score (nSPS) is 14.6. The van der Waals surface area contributed by atoms with Gasteiger partial charge in [-0.2, -0.15) is 4.98 Å². The first-order chi connectivity index (χ1) is 10.3. The number of likely N-dealkylation sites (tertiary alicyclic amines) is 1. The van der Waals surface area contributed by atoms with E-state index in [1.165, 1.54) is 0 Å². The van der Waals surface area contributed by atoms with Crippen LogP contribution in [0.4, 0.5) is 0 Å². The Morgan fingerprint density at radius 1 is 1.29 bits per heavy atom. The highest BCUT2D eigenvalue weighted by Crippen LogP contribution is 2.14. The Hall–Kier alpha value is -2.28. The van der Waals surface area contributed by atoms with Crippen molar-refractivity contribution >= 4 is 5.91 Å². The van der Waals surface area contributed by atoms with Crippen LogP contribution in [0.1, 0.15) is 18.7 Å². The summed E-state index contributed by atoms with van der Waals surface area (Å²) in [5, 5.41) is 3.87. The Morgan fingerprint density at radius 3 is 2.81 bits per heavy atom. The molecule has 3 heterocycles. The van der Waals surface area contributed by atoms with Crippen molar-refractivity contribution in [3.8, 4) is 11.4 Å². The molecular weight excluding hydrogens is 272 g/mol. The van der Waals surface area contributed by atoms with Crippen molar-refractivity contribution in [2.75, 3.05) is 19.7 Å². The number of aromatic nitrogens is 3. The van der Waals surface area contributed by atoms with Gasteiger partial charge in [-0.05, 0) is 25.0 Å². The number of rotatable bonds is 5. The van der Waals surface area contributed by atoms with Gasteiger partial charge in [0.05, 0.1) is 0 Å². The van der Waals surface area contributed by atoms with E-state index in [0.29, 0.717) is 11.7 Å². The molecule has 0 aromatic carbocycles. The Bertz CT molecular complexity index is 593. The van der Waals surface area contributed by atoms with Crippen LogP contribution in [0, 0.1) is 0 Å². The van der Waals surface area contributed by atoms with Crippen molar-refractivity contribution in [2.45, 2.75) is 19.4 Å². The van der Waals surface area contributed by atoms with Crippen LogP contribution in [-0.2, 0) is 16.1 Å². The first-order valence-corrected chi connectivity index (χ1v) is 6.91. The third kappa shape index (κ3) is 3.43. The minimum Gasteiger partial charge on any atom is -0.362 e. The van der Waals surface area contributed by atoms with E-state index in [1.54, 1.807) is 24.5 Å². The Balaban J connectivity index is 1.50. The predicted molar refractivity (Wildman–Crippen MR) is 73.0 cm³/mol. The maximum absolute atomic E-state index is 11.8. The molecule has 0 radical (unpaired) electrons. The van der Waals surface area contributed by atoms with E-state index < -0.39 is 0 Å². The molecule has 1 saturated heterocycles. The van der Waals surface area contributed by atoms with Crippen LogP contribution >= 0.6 is 0 Å². The second-order valence-electron chi connectivity index (χ2n) is 4.83. The van der Waals surface area contributed by atoms with Crippen molar-refractivity contribution in [2.24, 2.45) is 0 Å². The molecule has 2 aromatic heterocycles. The molecule has 110 valence electrons. The maximum atomic E-state index is 11.8. The zero-order chi connectivity index (χ0) is 14.5. The molecule has 0 atom stereocenters. The summed E-state index contributed by atoms with van der Waals surface area (Å²) in [4.78, 5) is 21.8. The molecule has 1 amide bonds. The minimum absolute atomic E-state index is 0.0152. The van der Waals surface area contributed by atoms with Crippen LogP contribution < -0.4 is 0 Å². The fourth-order valence-electron chi connectivity index (χ4n) is 2.22. The van der Waals surface area contributed by atoms with Gasteiger partial charge in [-0.15, -0.1) is 0 Å². The van der Waals surface area contributed by atoms with E-state index in [4.69, 9.17) is 9.26 Å². The molecule has 1 fully saturated rings. The monoisotopic (exact) mass is 288 g/mol. The van der Waals surface area contributed by atoms with Crippen LogP contribution in [0.2, 0.25) is 0 Å². The van der Waals surface area contributed by atoms with Crippen molar-refractivity contribution in [3.05, 3.63) is 30.4 Å². The average molecular weight is 288 g/mol. The Morgan fingerprint density at radius 2 is 2.05 bits per heavy atom. The van der Waals surface area contributed by atoms with Gasteiger partial charge < -0.3 is 14.2 Å². The maximum Gasteiger partial charge on any atom is 0.252 e. The summed E-state index contributed by atoms with van der Waals surface area (Å²) in [5.74, 6) is 0.860. The molecule has 2 aromatic rings. The number of nitrogens with zero attached hydrogens (tertiary/aromatic N) is 4. The number of carbonyl (C=O) groups is 1. The number of hydrogen-bond donors (Lipinski definition) is 0. The molecule has 1 aliphatic rings. The molecule has 1 aliphatic heterocycles. The molecule has 0 unspecified atom stereocenters. The van der Waals surface area contributed by atoms with Gasteiger partial charge in [0.1, 0.15) is 13.2 Å². The lowest BCUT2D eigenvalue weighted by Gasteiger charge is -2.14. The number of carbonyl (C=O) groups excluding carboxylic acids is 1. The summed E-state index contributed by atoms with van der Waals surface area (Å²) in [5.41, 5.74) is 0.827. The Kier molecular flexibility index (Phi) is 4.20. The summed E-state index contributed by atoms with van der Waals surface area (Å²) in [6, 6.07) is 3.60. The van der Waals surface area contributed by atoms with E-state index in [0.717, 1.165) is 31.5 Å². The van der Waals surface area contributed by atoms with Crippen molar-refractivity contribution in [1.82, 2.24) is 20.0 Å². The average Bonchev–Trinajstić information content (AvgIpc) is 3.20. The molecule has 0 bridgehead atoms. The largest absolute Gasteiger partial charge is 0.362 e. The summed E-state index contributed by atoms with van der Waals surface area (Å²) in [6.45, 7) is 1.84. The molecule has 7 heteroatoms. The van der Waals surface area contributed by atoms with Crippen molar-refractivity contribution < 1.29 is 14.1 Å². The van der Waals surface area contributed by atoms with Gasteiger partial charge in [0.2, 0.25) is 11.7 Å². The first-order valence-electron chi connectivity index (χ1n) is 6.91. The molecule has 21 heavy (non-hydrogen) atoms. The van der Waals surface area contributed by atoms with Crippen molar-refractivity contribution in [1.29, 1.82) is 0 Å². The lowest BCUT2D eigenvalue weighted by atomic mass is 10.2. The van der Waals surface area contributed by atoms with Crippen LogP contribution in [0.25, 0.3) is 11.4 Å². The number of hydrogen-bond acceptors (Lipinski definition) is 6. The van der Waals surface area contributed by atoms with Gasteiger partial charge in [0, 0.05) is 31.0 Å². The van der Waals surface area contributed by atoms with Gasteiger partial charge in [-0.3, -0.25) is 9.78 Å². The topological polar surface area (TPSA) is 81.3 Å². The first kappa shape index (κ1) is 13.7. The number of pyridine rings is 1. The highest BCUT2D eigenvalue weighted by molar-refractivity contribution is 5.77. The zero-order valence-electron chi connectivity index (χ0n) is 11.6. The van der Waals surface area contributed by atoms with Gasteiger partial charge >= 0.3 is 0 Å². The van der Waals surface area contributed by atoms with E-state index in [-0.39, 0.29) is 19.1 Å². The minimum atomic E-state index is 0.0152. The second-order valence-corrected chi connectivity index (χ2v) is 4.83. The van der Waals surface area contributed by atoms with E-state index >= 15 is 0 Å². The zero-order valence-corrected chi connectivity index (χ0v) is 11.6. The third-order valence-electron chi connectivity index (χ3n) is 3.32. The number of amides is 1. The Labute approximate surface area is 121 Å². The fraction of sp³-hybridized carbons (Fsp3) is 0.429. The summed E-state index contributed by atoms with van der Waals surface area (Å²) in [6.07, 6.45) is 5.47. The molecular formula is C14H16N4O3. The summed E-state index contributed by atoms with van der Waals surface area (Å²) in [7, 11) is 0. The highest BCUT2D eigenvalue weighted by Gasteiger charge is 2.18. The number of ether oxygens (including phenoxy) is 1. The predicted octanol–water partition coefficient (Wildman–Crippen LogP) is 1.27. The molecule has 0 saturated carbocycles. The van der Waals surface area contributed by atoms with Crippen LogP contribution in [0.3, 0.4) is 0 Å². The van der Waals surface area contributed by atoms with Gasteiger partial charge in [0.25, 0.3) is 5.89 Å². The lowest BCUT2D eigenvalue weighted by Crippen LogP contribution is -2.31. The van der Waals surface area contributed by atoms with E-state index in [9.17, 15) is 4.79 Å². The van der Waals surface area contributed by atoms with Gasteiger partial charge in [0.15, 0.2) is 0 Å². The molecule has 3 rings (SSSR count). The standard InChI is InChI=1S/C14H16N4O3/c19-13(18-7-1-2-8-18)10-20-9-12-16-14(17-21-12)11-3-5-15-6-4-11/h3-6H,1-2,7-10H2. The van der Waals surface area contributed by atoms with E-state index in [1.807, 2.05) is 4.90 Å². The highest BCUT2D eigenvalue weighted by atomic mass is 16.5. The second kappa shape index (κ2) is 6.45. The van der Waals surface area contributed by atoms with Crippen LogP contribution in [0.15, 0.2) is 29.0 Å². The van der Waals surface area contributed by atoms with Crippen LogP contribution in [-0.4, -0.2) is 45.6 Å². The molecule has 0 aliphatic carbocycles. The van der Waals surface area contributed by atoms with Gasteiger partial charge in [-0.1, -0.05) is 5.16 Å². The lowest BCUT2D eigenvalue weighted by molar-refractivity contribution is -0.135. The molecule has 7 nitrogen and oxygen atoms in total. The SMILES string of the molecule is O=C(COCc1nc(-c2ccncc2)no1)N1CCCC1. The van der Waals surface area contributed by atoms with Crippen LogP contribution in [0.5, 0.6) is 0 Å². The molecule has 0 N–H and O–H groups in total. The van der Waals surface area contributed by atoms with Gasteiger partial charge in [-0.25, -0.2) is 0 Å².